The van der Waals surface area contributed by atoms with Crippen LogP contribution in [0.2, 0.25) is 0 Å². The number of nitrogens with zero attached hydrogens (tertiary/aromatic N) is 1. The molecule has 3 nitrogen and oxygen atoms in total. The van der Waals surface area contributed by atoms with Crippen LogP contribution >= 0.6 is 0 Å². The van der Waals surface area contributed by atoms with E-state index in [9.17, 15) is 5.11 Å². The average Bonchev–Trinajstić information content (AvgIpc) is 2.40. The molecule has 0 radical (unpaired) electrons. The minimum absolute atomic E-state index is 0.0588. The molecule has 1 aliphatic heterocycles. The maximum atomic E-state index is 9.99. The van der Waals surface area contributed by atoms with Gasteiger partial charge in [-0.25, -0.2) is 0 Å². The zero-order valence-corrected chi connectivity index (χ0v) is 9.75. The number of aliphatic hydroxyl groups is 1. The molecule has 1 aromatic rings. The molecule has 0 aromatic heterocycles. The summed E-state index contributed by atoms with van der Waals surface area (Å²) in [5.41, 5.74) is 1.00. The summed E-state index contributed by atoms with van der Waals surface area (Å²) < 4.78 is 5.89. The van der Waals surface area contributed by atoms with Crippen molar-refractivity contribution in [3.63, 3.8) is 0 Å². The Morgan fingerprint density at radius 3 is 2.82 bits per heavy atom. The van der Waals surface area contributed by atoms with Gasteiger partial charge in [-0.05, 0) is 25.0 Å². The van der Waals surface area contributed by atoms with Crippen LogP contribution in [0.15, 0.2) is 35.3 Å². The lowest BCUT2D eigenvalue weighted by atomic mass is 9.83. The predicted molar refractivity (Wildman–Crippen MR) is 66.1 cm³/mol. The van der Waals surface area contributed by atoms with E-state index in [2.05, 4.69) is 4.99 Å². The third kappa shape index (κ3) is 2.07. The Morgan fingerprint density at radius 2 is 2.00 bits per heavy atom. The quantitative estimate of drug-likeness (QED) is 0.803. The zero-order valence-electron chi connectivity index (χ0n) is 9.75. The Labute approximate surface area is 101 Å². The minimum atomic E-state index is -0.331. The zero-order chi connectivity index (χ0) is 11.7. The molecule has 0 spiro atoms. The first-order chi connectivity index (χ1) is 8.34. The van der Waals surface area contributed by atoms with Crippen molar-refractivity contribution in [1.82, 2.24) is 0 Å². The van der Waals surface area contributed by atoms with E-state index in [1.54, 1.807) is 0 Å². The van der Waals surface area contributed by atoms with E-state index < -0.39 is 0 Å². The van der Waals surface area contributed by atoms with Gasteiger partial charge in [0.15, 0.2) is 0 Å². The average molecular weight is 231 g/mol. The first-order valence-electron chi connectivity index (χ1n) is 6.29. The third-order valence-electron chi connectivity index (χ3n) is 3.66. The lowest BCUT2D eigenvalue weighted by molar-refractivity contribution is -0.0400. The van der Waals surface area contributed by atoms with Crippen molar-refractivity contribution in [3.05, 3.63) is 35.9 Å². The van der Waals surface area contributed by atoms with Gasteiger partial charge in [-0.2, -0.15) is 0 Å². The van der Waals surface area contributed by atoms with Crippen molar-refractivity contribution in [3.8, 4) is 0 Å². The van der Waals surface area contributed by atoms with Gasteiger partial charge in [0.2, 0.25) is 5.90 Å². The fourth-order valence-electron chi connectivity index (χ4n) is 2.71. The molecule has 2 aliphatic rings. The Kier molecular flexibility index (Phi) is 2.85. The molecule has 17 heavy (non-hydrogen) atoms. The highest BCUT2D eigenvalue weighted by Gasteiger charge is 2.37. The fraction of sp³-hybridized carbons (Fsp3) is 0.500. The van der Waals surface area contributed by atoms with E-state index >= 15 is 0 Å². The summed E-state index contributed by atoms with van der Waals surface area (Å²) >= 11 is 0. The second-order valence-electron chi connectivity index (χ2n) is 4.85. The molecular weight excluding hydrogens is 214 g/mol. The van der Waals surface area contributed by atoms with Crippen LogP contribution in [-0.2, 0) is 4.74 Å². The smallest absolute Gasteiger partial charge is 0.216 e. The van der Waals surface area contributed by atoms with E-state index in [-0.39, 0.29) is 12.2 Å². The van der Waals surface area contributed by atoms with Gasteiger partial charge in [0, 0.05) is 18.0 Å². The summed E-state index contributed by atoms with van der Waals surface area (Å²) in [5, 5.41) is 9.99. The van der Waals surface area contributed by atoms with Gasteiger partial charge in [0.1, 0.15) is 6.10 Å². The SMILES string of the molecule is OC1CCCC2CN=C(c3ccccc3)OC12. The van der Waals surface area contributed by atoms with E-state index in [1.807, 2.05) is 30.3 Å². The molecule has 0 saturated heterocycles. The van der Waals surface area contributed by atoms with E-state index in [1.165, 1.54) is 0 Å². The predicted octanol–water partition coefficient (Wildman–Crippen LogP) is 1.99. The largest absolute Gasteiger partial charge is 0.471 e. The van der Waals surface area contributed by atoms with Gasteiger partial charge in [-0.15, -0.1) is 0 Å². The van der Waals surface area contributed by atoms with Gasteiger partial charge >= 0.3 is 0 Å². The highest BCUT2D eigenvalue weighted by molar-refractivity contribution is 5.94. The van der Waals surface area contributed by atoms with E-state index in [0.29, 0.717) is 11.8 Å². The molecule has 1 heterocycles. The number of aliphatic hydroxyl groups excluding tert-OH is 1. The molecule has 1 aromatic carbocycles. The fourth-order valence-corrected chi connectivity index (χ4v) is 2.71. The number of hydrogen-bond acceptors (Lipinski definition) is 3. The Morgan fingerprint density at radius 1 is 1.18 bits per heavy atom. The Bertz CT molecular complexity index is 415. The summed E-state index contributed by atoms with van der Waals surface area (Å²) in [7, 11) is 0. The monoisotopic (exact) mass is 231 g/mol. The first kappa shape index (κ1) is 10.8. The molecule has 1 aliphatic carbocycles. The number of ether oxygens (including phenoxy) is 1. The van der Waals surface area contributed by atoms with Crippen molar-refractivity contribution >= 4 is 5.90 Å². The summed E-state index contributed by atoms with van der Waals surface area (Å²) in [4.78, 5) is 4.50. The first-order valence-corrected chi connectivity index (χ1v) is 6.29. The van der Waals surface area contributed by atoms with Crippen LogP contribution in [0.3, 0.4) is 0 Å². The highest BCUT2D eigenvalue weighted by atomic mass is 16.5. The van der Waals surface area contributed by atoms with Crippen LogP contribution in [0.5, 0.6) is 0 Å². The number of rotatable bonds is 1. The van der Waals surface area contributed by atoms with Crippen LogP contribution in [0, 0.1) is 5.92 Å². The molecule has 3 rings (SSSR count). The number of benzene rings is 1. The van der Waals surface area contributed by atoms with Crippen LogP contribution < -0.4 is 0 Å². The molecule has 1 saturated carbocycles. The van der Waals surface area contributed by atoms with Crippen molar-refractivity contribution in [2.45, 2.75) is 31.5 Å². The number of fused-ring (bicyclic) bond motifs is 1. The van der Waals surface area contributed by atoms with Gasteiger partial charge in [-0.3, -0.25) is 4.99 Å². The lowest BCUT2D eigenvalue weighted by Crippen LogP contribution is -2.45. The van der Waals surface area contributed by atoms with Gasteiger partial charge in [-0.1, -0.05) is 24.6 Å². The molecule has 90 valence electrons. The number of aliphatic imine (C=N–C) groups is 1. The van der Waals surface area contributed by atoms with Crippen molar-refractivity contribution in [2.75, 3.05) is 6.54 Å². The van der Waals surface area contributed by atoms with Crippen LogP contribution in [0.25, 0.3) is 0 Å². The van der Waals surface area contributed by atoms with Crippen molar-refractivity contribution in [2.24, 2.45) is 10.9 Å². The summed E-state index contributed by atoms with van der Waals surface area (Å²) in [6.07, 6.45) is 2.66. The minimum Gasteiger partial charge on any atom is -0.471 e. The highest BCUT2D eigenvalue weighted by Crippen LogP contribution is 2.31. The molecule has 3 atom stereocenters. The van der Waals surface area contributed by atoms with Gasteiger partial charge < -0.3 is 9.84 Å². The summed E-state index contributed by atoms with van der Waals surface area (Å²) in [6, 6.07) is 9.92. The maximum absolute atomic E-state index is 9.99. The molecule has 0 bridgehead atoms. The maximum Gasteiger partial charge on any atom is 0.216 e. The third-order valence-corrected chi connectivity index (χ3v) is 3.66. The molecular formula is C14H17NO2. The summed E-state index contributed by atoms with van der Waals surface area (Å²) in [5.74, 6) is 1.08. The van der Waals surface area contributed by atoms with E-state index in [0.717, 1.165) is 31.4 Å². The number of hydrogen-bond donors (Lipinski definition) is 1. The van der Waals surface area contributed by atoms with Crippen LogP contribution in [0.1, 0.15) is 24.8 Å². The topological polar surface area (TPSA) is 41.8 Å². The van der Waals surface area contributed by atoms with Crippen LogP contribution in [0.4, 0.5) is 0 Å². The van der Waals surface area contributed by atoms with Crippen molar-refractivity contribution < 1.29 is 9.84 Å². The molecule has 1 fully saturated rings. The van der Waals surface area contributed by atoms with Gasteiger partial charge in [0.05, 0.1) is 6.10 Å². The normalized spacial score (nSPS) is 32.3. The Hall–Kier alpha value is -1.35. The van der Waals surface area contributed by atoms with E-state index in [4.69, 9.17) is 4.74 Å². The molecule has 0 amide bonds. The second-order valence-corrected chi connectivity index (χ2v) is 4.85. The lowest BCUT2D eigenvalue weighted by Gasteiger charge is -2.37. The Balaban J connectivity index is 1.83. The standard InChI is InChI=1S/C14H17NO2/c16-12-8-4-7-11-9-15-14(17-13(11)12)10-5-2-1-3-6-10/h1-3,5-6,11-13,16H,4,7-9H2. The van der Waals surface area contributed by atoms with Gasteiger partial charge in [0.25, 0.3) is 0 Å². The van der Waals surface area contributed by atoms with Crippen molar-refractivity contribution in [1.29, 1.82) is 0 Å². The second kappa shape index (κ2) is 4.49. The van der Waals surface area contributed by atoms with Crippen LogP contribution in [-0.4, -0.2) is 29.8 Å². The molecule has 3 unspecified atom stereocenters. The molecule has 1 N–H and O–H groups in total. The molecule has 3 heteroatoms. The summed E-state index contributed by atoms with van der Waals surface area (Å²) in [6.45, 7) is 0.784.